The van der Waals surface area contributed by atoms with Crippen LogP contribution in [0.1, 0.15) is 26.7 Å². The number of nitrogens with zero attached hydrogens (tertiary/aromatic N) is 2. The van der Waals surface area contributed by atoms with Gasteiger partial charge in [-0.2, -0.15) is 4.31 Å². The number of sulfonamides is 1. The van der Waals surface area contributed by atoms with Gasteiger partial charge >= 0.3 is 5.97 Å². The van der Waals surface area contributed by atoms with Crippen LogP contribution in [-0.2, 0) is 24.3 Å². The van der Waals surface area contributed by atoms with Crippen molar-refractivity contribution in [1.29, 1.82) is 0 Å². The number of hydrogen-bond donors (Lipinski definition) is 0. The molecule has 7 nitrogen and oxygen atoms in total. The predicted octanol–water partition coefficient (Wildman–Crippen LogP) is 0.828. The Labute approximate surface area is 138 Å². The van der Waals surface area contributed by atoms with Crippen molar-refractivity contribution in [3.8, 4) is 0 Å². The van der Waals surface area contributed by atoms with Crippen LogP contribution in [0.25, 0.3) is 0 Å². The molecular weight excluding hydrogens is 320 g/mol. The van der Waals surface area contributed by atoms with Crippen LogP contribution in [0.4, 0.5) is 0 Å². The van der Waals surface area contributed by atoms with E-state index >= 15 is 0 Å². The van der Waals surface area contributed by atoms with Gasteiger partial charge in [0.25, 0.3) is 0 Å². The highest BCUT2D eigenvalue weighted by atomic mass is 32.2. The van der Waals surface area contributed by atoms with Crippen molar-refractivity contribution in [3.05, 3.63) is 12.0 Å². The molecule has 1 saturated heterocycles. The van der Waals surface area contributed by atoms with Crippen LogP contribution in [0.2, 0.25) is 0 Å². The van der Waals surface area contributed by atoms with Gasteiger partial charge < -0.3 is 9.64 Å². The van der Waals surface area contributed by atoms with Gasteiger partial charge in [0.05, 0.1) is 7.11 Å². The molecule has 0 aromatic heterocycles. The molecule has 1 atom stereocenters. The van der Waals surface area contributed by atoms with E-state index in [1.54, 1.807) is 7.05 Å². The number of carbonyl (C=O) groups excluding carboxylic acids is 2. The molecular formula is C15H26N2O5S. The Morgan fingerprint density at radius 1 is 1.30 bits per heavy atom. The molecule has 0 spiro atoms. The van der Waals surface area contributed by atoms with Gasteiger partial charge in [-0.3, -0.25) is 4.79 Å². The summed E-state index contributed by atoms with van der Waals surface area (Å²) in [7, 11) is -0.545. The maximum atomic E-state index is 12.6. The lowest BCUT2D eigenvalue weighted by Gasteiger charge is -2.35. The summed E-state index contributed by atoms with van der Waals surface area (Å²) in [6.07, 6.45) is 0.866. The Hall–Kier alpha value is -1.41. The predicted molar refractivity (Wildman–Crippen MR) is 86.8 cm³/mol. The first-order valence-corrected chi connectivity index (χ1v) is 9.13. The molecule has 0 saturated carbocycles. The van der Waals surface area contributed by atoms with E-state index in [1.807, 2.05) is 13.8 Å². The van der Waals surface area contributed by atoms with Gasteiger partial charge in [0.15, 0.2) is 0 Å². The number of esters is 1. The highest BCUT2D eigenvalue weighted by Crippen LogP contribution is 2.24. The maximum absolute atomic E-state index is 12.6. The van der Waals surface area contributed by atoms with Crippen molar-refractivity contribution in [1.82, 2.24) is 9.21 Å². The van der Waals surface area contributed by atoms with E-state index in [0.717, 1.165) is 5.41 Å². The third-order valence-corrected chi connectivity index (χ3v) is 5.72. The number of carbonyl (C=O) groups is 2. The summed E-state index contributed by atoms with van der Waals surface area (Å²) in [5.74, 6) is -0.952. The number of piperidine rings is 1. The zero-order valence-corrected chi connectivity index (χ0v) is 15.0. The first kappa shape index (κ1) is 19.6. The second-order valence-corrected chi connectivity index (χ2v) is 7.93. The Bertz CT molecular complexity index is 550. The van der Waals surface area contributed by atoms with E-state index in [1.165, 1.54) is 16.3 Å². The molecule has 23 heavy (non-hydrogen) atoms. The monoisotopic (exact) mass is 346 g/mol. The number of likely N-dealkylation sites (N-methyl/N-ethyl adjacent to an activating group) is 1. The molecule has 0 aromatic carbocycles. The molecule has 0 radical (unpaired) electrons. The Kier molecular flexibility index (Phi) is 6.76. The van der Waals surface area contributed by atoms with Crippen LogP contribution >= 0.6 is 0 Å². The van der Waals surface area contributed by atoms with Gasteiger partial charge in [0, 0.05) is 31.5 Å². The summed E-state index contributed by atoms with van der Waals surface area (Å²) >= 11 is 0. The van der Waals surface area contributed by atoms with E-state index in [2.05, 4.69) is 6.58 Å². The average molecular weight is 346 g/mol. The van der Waals surface area contributed by atoms with Crippen LogP contribution in [0.5, 0.6) is 0 Å². The third-order valence-electron chi connectivity index (χ3n) is 4.21. The van der Waals surface area contributed by atoms with Crippen LogP contribution < -0.4 is 0 Å². The van der Waals surface area contributed by atoms with Crippen molar-refractivity contribution in [2.45, 2.75) is 32.7 Å². The molecule has 1 aliphatic rings. The lowest BCUT2D eigenvalue weighted by Crippen LogP contribution is -2.50. The lowest BCUT2D eigenvalue weighted by molar-refractivity contribution is -0.155. The molecule has 132 valence electrons. The standard InChI is InChI=1S/C15H26N2O5S/c1-6-23(20,21)17-9-7-12(8-10-17)14(18)16(4)13(11(2)3)15(19)22-5/h6,11-13H,1,7-10H2,2-5H3/t13-/m0/s1. The summed E-state index contributed by atoms with van der Waals surface area (Å²) in [5.41, 5.74) is 0. The summed E-state index contributed by atoms with van der Waals surface area (Å²) < 4.78 is 29.6. The van der Waals surface area contributed by atoms with E-state index in [0.29, 0.717) is 12.8 Å². The van der Waals surface area contributed by atoms with Crippen molar-refractivity contribution in [3.63, 3.8) is 0 Å². The van der Waals surface area contributed by atoms with E-state index in [4.69, 9.17) is 4.74 Å². The first-order chi connectivity index (χ1) is 10.7. The molecule has 0 unspecified atom stereocenters. The van der Waals surface area contributed by atoms with Crippen LogP contribution in [-0.4, -0.2) is 62.8 Å². The zero-order chi connectivity index (χ0) is 17.8. The first-order valence-electron chi connectivity index (χ1n) is 7.62. The fourth-order valence-electron chi connectivity index (χ4n) is 2.89. The van der Waals surface area contributed by atoms with Gasteiger partial charge in [-0.1, -0.05) is 20.4 Å². The van der Waals surface area contributed by atoms with Gasteiger partial charge in [0.1, 0.15) is 6.04 Å². The van der Waals surface area contributed by atoms with Gasteiger partial charge in [-0.15, -0.1) is 0 Å². The van der Waals surface area contributed by atoms with E-state index in [-0.39, 0.29) is 30.8 Å². The fourth-order valence-corrected chi connectivity index (χ4v) is 3.82. The fraction of sp³-hybridized carbons (Fsp3) is 0.733. The van der Waals surface area contributed by atoms with Crippen molar-refractivity contribution in [2.75, 3.05) is 27.2 Å². The molecule has 1 fully saturated rings. The van der Waals surface area contributed by atoms with E-state index in [9.17, 15) is 18.0 Å². The molecule has 1 amide bonds. The largest absolute Gasteiger partial charge is 0.467 e. The topological polar surface area (TPSA) is 84.0 Å². The molecule has 1 aliphatic heterocycles. The maximum Gasteiger partial charge on any atom is 0.328 e. The molecule has 0 aliphatic carbocycles. The van der Waals surface area contributed by atoms with Crippen LogP contribution in [0.3, 0.4) is 0 Å². The quantitative estimate of drug-likeness (QED) is 0.665. The smallest absolute Gasteiger partial charge is 0.328 e. The minimum Gasteiger partial charge on any atom is -0.467 e. The SMILES string of the molecule is C=CS(=O)(=O)N1CCC(C(=O)N(C)[C@H](C(=O)OC)C(C)C)CC1. The second-order valence-electron chi connectivity index (χ2n) is 6.05. The number of hydrogen-bond acceptors (Lipinski definition) is 5. The highest BCUT2D eigenvalue weighted by Gasteiger charge is 2.36. The Morgan fingerprint density at radius 3 is 2.22 bits per heavy atom. The number of rotatable bonds is 6. The second kappa shape index (κ2) is 7.92. The normalized spacial score (nSPS) is 18.5. The number of methoxy groups -OCH3 is 1. The summed E-state index contributed by atoms with van der Waals surface area (Å²) in [4.78, 5) is 25.9. The lowest BCUT2D eigenvalue weighted by atomic mass is 9.94. The molecule has 0 aromatic rings. The summed E-state index contributed by atoms with van der Waals surface area (Å²) in [5, 5.41) is 0.924. The zero-order valence-electron chi connectivity index (χ0n) is 14.2. The third kappa shape index (κ3) is 4.54. The summed E-state index contributed by atoms with van der Waals surface area (Å²) in [6, 6.07) is -0.637. The molecule has 0 N–H and O–H groups in total. The molecule has 1 rings (SSSR count). The number of amides is 1. The van der Waals surface area contributed by atoms with Crippen molar-refractivity contribution >= 4 is 21.9 Å². The Morgan fingerprint density at radius 2 is 1.83 bits per heavy atom. The van der Waals surface area contributed by atoms with Gasteiger partial charge in [-0.25, -0.2) is 13.2 Å². The highest BCUT2D eigenvalue weighted by molar-refractivity contribution is 7.92. The average Bonchev–Trinajstić information content (AvgIpc) is 2.53. The van der Waals surface area contributed by atoms with Crippen LogP contribution in [0.15, 0.2) is 12.0 Å². The van der Waals surface area contributed by atoms with Crippen molar-refractivity contribution < 1.29 is 22.7 Å². The molecule has 0 bridgehead atoms. The molecule has 8 heteroatoms. The summed E-state index contributed by atoms with van der Waals surface area (Å²) in [6.45, 7) is 7.57. The van der Waals surface area contributed by atoms with Gasteiger partial charge in [0.2, 0.25) is 15.9 Å². The minimum absolute atomic E-state index is 0.0716. The minimum atomic E-state index is -3.44. The van der Waals surface area contributed by atoms with Crippen LogP contribution in [0, 0.1) is 11.8 Å². The van der Waals surface area contributed by atoms with E-state index < -0.39 is 22.0 Å². The number of ether oxygens (including phenoxy) is 1. The Balaban J connectivity index is 2.76. The van der Waals surface area contributed by atoms with Gasteiger partial charge in [-0.05, 0) is 18.8 Å². The van der Waals surface area contributed by atoms with Crippen molar-refractivity contribution in [2.24, 2.45) is 11.8 Å². The molecule has 1 heterocycles.